The molecule has 0 aliphatic heterocycles. The third-order valence-corrected chi connectivity index (χ3v) is 3.83. The molecule has 0 aliphatic carbocycles. The van der Waals surface area contributed by atoms with E-state index in [1.165, 1.54) is 30.6 Å². The Morgan fingerprint density at radius 1 is 1.40 bits per heavy atom. The van der Waals surface area contributed by atoms with Crippen molar-refractivity contribution in [1.29, 1.82) is 0 Å². The molecule has 1 aromatic heterocycles. The lowest BCUT2D eigenvalue weighted by atomic mass is 10.1. The van der Waals surface area contributed by atoms with E-state index in [9.17, 15) is 0 Å². The lowest BCUT2D eigenvalue weighted by molar-refractivity contribution is 0.488. The molecule has 0 bridgehead atoms. The number of nitrogens with two attached hydrogens (primary N) is 1. The molecule has 1 aromatic rings. The van der Waals surface area contributed by atoms with Gasteiger partial charge in [-0.1, -0.05) is 44.2 Å². The lowest BCUT2D eigenvalue weighted by Gasteiger charge is -2.13. The molecule has 0 fully saturated rings. The Kier molecular flexibility index (Phi) is 6.25. The van der Waals surface area contributed by atoms with Crippen LogP contribution in [0.2, 0.25) is 4.34 Å². The normalized spacial score (nSPS) is 13.0. The van der Waals surface area contributed by atoms with E-state index in [0.29, 0.717) is 0 Å². The standard InChI is InChI=1S/C11H19ClN2S/c1-2-3-4-5-6-9(14-13)10-7-8-11(12)15-10/h7-9,14H,2-6,13H2,1H3. The number of unbranched alkanes of at least 4 members (excludes halogenated alkanes) is 3. The predicted molar refractivity (Wildman–Crippen MR) is 68.2 cm³/mol. The van der Waals surface area contributed by atoms with E-state index in [0.717, 1.165) is 10.8 Å². The van der Waals surface area contributed by atoms with E-state index in [4.69, 9.17) is 17.4 Å². The van der Waals surface area contributed by atoms with Crippen LogP contribution < -0.4 is 11.3 Å². The van der Waals surface area contributed by atoms with Crippen LogP contribution in [0.15, 0.2) is 12.1 Å². The molecule has 0 saturated heterocycles. The van der Waals surface area contributed by atoms with Crippen LogP contribution in [0.5, 0.6) is 0 Å². The van der Waals surface area contributed by atoms with Crippen LogP contribution in [0.4, 0.5) is 0 Å². The molecule has 0 aromatic carbocycles. The topological polar surface area (TPSA) is 38.0 Å². The SMILES string of the molecule is CCCCCCC(NN)c1ccc(Cl)s1. The first kappa shape index (κ1) is 13.0. The molecule has 0 aliphatic rings. The van der Waals surface area contributed by atoms with E-state index < -0.39 is 0 Å². The van der Waals surface area contributed by atoms with E-state index in [2.05, 4.69) is 18.4 Å². The summed E-state index contributed by atoms with van der Waals surface area (Å²) in [6, 6.07) is 4.24. The van der Waals surface area contributed by atoms with Crippen molar-refractivity contribution in [3.05, 3.63) is 21.3 Å². The first-order valence-electron chi connectivity index (χ1n) is 5.49. The second-order valence-electron chi connectivity index (χ2n) is 3.71. The van der Waals surface area contributed by atoms with Gasteiger partial charge >= 0.3 is 0 Å². The van der Waals surface area contributed by atoms with Gasteiger partial charge in [-0.3, -0.25) is 11.3 Å². The first-order chi connectivity index (χ1) is 7.27. The smallest absolute Gasteiger partial charge is 0.0931 e. The highest BCUT2D eigenvalue weighted by atomic mass is 35.5. The zero-order chi connectivity index (χ0) is 11.1. The van der Waals surface area contributed by atoms with Crippen molar-refractivity contribution >= 4 is 22.9 Å². The Balaban J connectivity index is 2.35. The molecule has 4 heteroatoms. The summed E-state index contributed by atoms with van der Waals surface area (Å²) in [7, 11) is 0. The molecule has 0 radical (unpaired) electrons. The van der Waals surface area contributed by atoms with Crippen molar-refractivity contribution in [1.82, 2.24) is 5.43 Å². The molecule has 2 nitrogen and oxygen atoms in total. The molecular weight excluding hydrogens is 228 g/mol. The van der Waals surface area contributed by atoms with Crippen molar-refractivity contribution in [2.24, 2.45) is 5.84 Å². The lowest BCUT2D eigenvalue weighted by Crippen LogP contribution is -2.27. The Bertz CT molecular complexity index is 275. The monoisotopic (exact) mass is 246 g/mol. The van der Waals surface area contributed by atoms with Gasteiger partial charge < -0.3 is 0 Å². The minimum absolute atomic E-state index is 0.263. The molecule has 0 spiro atoms. The van der Waals surface area contributed by atoms with Gasteiger partial charge in [0.25, 0.3) is 0 Å². The van der Waals surface area contributed by atoms with Gasteiger partial charge in [-0.2, -0.15) is 0 Å². The van der Waals surface area contributed by atoms with Gasteiger partial charge in [-0.25, -0.2) is 0 Å². The summed E-state index contributed by atoms with van der Waals surface area (Å²) in [4.78, 5) is 1.24. The van der Waals surface area contributed by atoms with Gasteiger partial charge in [0.05, 0.1) is 10.4 Å². The van der Waals surface area contributed by atoms with E-state index in [1.54, 1.807) is 11.3 Å². The summed E-state index contributed by atoms with van der Waals surface area (Å²) in [5.41, 5.74) is 2.86. The molecule has 0 amide bonds. The highest BCUT2D eigenvalue weighted by Crippen LogP contribution is 2.29. The molecule has 0 saturated carbocycles. The van der Waals surface area contributed by atoms with Gasteiger partial charge in [0.15, 0.2) is 0 Å². The molecule has 1 heterocycles. The van der Waals surface area contributed by atoms with Crippen molar-refractivity contribution in [3.63, 3.8) is 0 Å². The van der Waals surface area contributed by atoms with Gasteiger partial charge in [0.2, 0.25) is 0 Å². The van der Waals surface area contributed by atoms with E-state index in [-0.39, 0.29) is 6.04 Å². The molecule has 1 rings (SSSR count). The van der Waals surface area contributed by atoms with Gasteiger partial charge in [0, 0.05) is 4.88 Å². The second kappa shape index (κ2) is 7.23. The van der Waals surface area contributed by atoms with E-state index in [1.807, 2.05) is 6.07 Å². The zero-order valence-corrected chi connectivity index (χ0v) is 10.7. The third-order valence-electron chi connectivity index (χ3n) is 2.48. The molecule has 3 N–H and O–H groups in total. The minimum Gasteiger partial charge on any atom is -0.271 e. The largest absolute Gasteiger partial charge is 0.271 e. The maximum Gasteiger partial charge on any atom is 0.0931 e. The Hall–Kier alpha value is -0.0900. The molecule has 15 heavy (non-hydrogen) atoms. The fourth-order valence-corrected chi connectivity index (χ4v) is 2.75. The quantitative estimate of drug-likeness (QED) is 0.435. The highest BCUT2D eigenvalue weighted by molar-refractivity contribution is 7.16. The maximum absolute atomic E-state index is 5.90. The van der Waals surface area contributed by atoms with Gasteiger partial charge in [-0.05, 0) is 18.6 Å². The number of halogens is 1. The van der Waals surface area contributed by atoms with Crippen molar-refractivity contribution in [2.45, 2.75) is 45.1 Å². The minimum atomic E-state index is 0.263. The average Bonchev–Trinajstić information content (AvgIpc) is 2.65. The fraction of sp³-hybridized carbons (Fsp3) is 0.636. The van der Waals surface area contributed by atoms with Crippen LogP contribution >= 0.6 is 22.9 Å². The van der Waals surface area contributed by atoms with Crippen LogP contribution in [-0.2, 0) is 0 Å². The number of hydrazine groups is 1. The molecule has 86 valence electrons. The third kappa shape index (κ3) is 4.51. The number of thiophene rings is 1. The second-order valence-corrected chi connectivity index (χ2v) is 5.46. The summed E-state index contributed by atoms with van der Waals surface area (Å²) in [6.07, 6.45) is 6.17. The van der Waals surface area contributed by atoms with Crippen LogP contribution in [-0.4, -0.2) is 0 Å². The zero-order valence-electron chi connectivity index (χ0n) is 9.13. The van der Waals surface area contributed by atoms with Crippen LogP contribution in [0.1, 0.15) is 49.9 Å². The fourth-order valence-electron chi connectivity index (χ4n) is 1.60. The highest BCUT2D eigenvalue weighted by Gasteiger charge is 2.11. The summed E-state index contributed by atoms with van der Waals surface area (Å²) in [5.74, 6) is 5.54. The Morgan fingerprint density at radius 3 is 2.73 bits per heavy atom. The Labute approximate surface area is 101 Å². The van der Waals surface area contributed by atoms with Gasteiger partial charge in [0.1, 0.15) is 0 Å². The van der Waals surface area contributed by atoms with Gasteiger partial charge in [-0.15, -0.1) is 11.3 Å². The van der Waals surface area contributed by atoms with Crippen LogP contribution in [0.25, 0.3) is 0 Å². The van der Waals surface area contributed by atoms with Crippen molar-refractivity contribution in [3.8, 4) is 0 Å². The van der Waals surface area contributed by atoms with Crippen molar-refractivity contribution in [2.75, 3.05) is 0 Å². The predicted octanol–water partition coefficient (Wildman–Crippen LogP) is 3.88. The number of hydrogen-bond acceptors (Lipinski definition) is 3. The summed E-state index contributed by atoms with van der Waals surface area (Å²) >= 11 is 7.50. The summed E-state index contributed by atoms with van der Waals surface area (Å²) in [6.45, 7) is 2.22. The molecule has 1 unspecified atom stereocenters. The van der Waals surface area contributed by atoms with Crippen LogP contribution in [0, 0.1) is 0 Å². The average molecular weight is 247 g/mol. The molecule has 1 atom stereocenters. The van der Waals surface area contributed by atoms with Crippen molar-refractivity contribution < 1.29 is 0 Å². The van der Waals surface area contributed by atoms with E-state index >= 15 is 0 Å². The van der Waals surface area contributed by atoms with Crippen LogP contribution in [0.3, 0.4) is 0 Å². The number of rotatable bonds is 7. The number of nitrogens with one attached hydrogen (secondary N) is 1. The number of hydrogen-bond donors (Lipinski definition) is 2. The molecular formula is C11H19ClN2S. The summed E-state index contributed by atoms with van der Waals surface area (Å²) in [5, 5.41) is 0. The Morgan fingerprint density at radius 2 is 2.20 bits per heavy atom. The maximum atomic E-state index is 5.90. The summed E-state index contributed by atoms with van der Waals surface area (Å²) < 4.78 is 0.832. The first-order valence-corrected chi connectivity index (χ1v) is 6.68.